The number of amides is 1. The minimum Gasteiger partial charge on any atom is -0.493 e. The van der Waals surface area contributed by atoms with Crippen molar-refractivity contribution in [2.45, 2.75) is 12.5 Å². The molecule has 9 heteroatoms. The van der Waals surface area contributed by atoms with Crippen LogP contribution in [-0.2, 0) is 6.42 Å². The number of carbonyl (C=O) groups excluding carboxylic acids is 1. The highest BCUT2D eigenvalue weighted by molar-refractivity contribution is 5.95. The highest BCUT2D eigenvalue weighted by Crippen LogP contribution is 2.42. The lowest BCUT2D eigenvalue weighted by Crippen LogP contribution is -2.41. The topological polar surface area (TPSA) is 38.8 Å². The zero-order valence-corrected chi connectivity index (χ0v) is 17.6. The van der Waals surface area contributed by atoms with Crippen molar-refractivity contribution in [3.63, 3.8) is 0 Å². The van der Waals surface area contributed by atoms with E-state index in [2.05, 4.69) is 0 Å². The van der Waals surface area contributed by atoms with Gasteiger partial charge in [-0.15, -0.1) is 0 Å². The van der Waals surface area contributed by atoms with Gasteiger partial charge in [-0.05, 0) is 35.2 Å². The lowest BCUT2D eigenvalue weighted by Gasteiger charge is -2.38. The number of rotatable bonds is 4. The Morgan fingerprint density at radius 1 is 0.848 bits per heavy atom. The third-order valence-electron chi connectivity index (χ3n) is 5.67. The van der Waals surface area contributed by atoms with Crippen LogP contribution >= 0.6 is 0 Å². The lowest BCUT2D eigenvalue weighted by atomic mass is 9.87. The predicted octanol–water partition coefficient (Wildman–Crippen LogP) is 5.19. The molecule has 0 aromatic heterocycles. The summed E-state index contributed by atoms with van der Waals surface area (Å²) >= 11 is 0. The molecule has 1 heterocycles. The fraction of sp³-hybridized carbons (Fsp3) is 0.208. The fourth-order valence-electron chi connectivity index (χ4n) is 4.10. The van der Waals surface area contributed by atoms with Crippen LogP contribution in [0.5, 0.6) is 11.5 Å². The molecule has 33 heavy (non-hydrogen) atoms. The summed E-state index contributed by atoms with van der Waals surface area (Å²) in [5.74, 6) is -11.5. The molecule has 1 amide bonds. The van der Waals surface area contributed by atoms with Gasteiger partial charge in [-0.1, -0.05) is 30.3 Å². The van der Waals surface area contributed by atoms with Crippen LogP contribution in [0, 0.1) is 29.1 Å². The zero-order valence-electron chi connectivity index (χ0n) is 17.6. The quantitative estimate of drug-likeness (QED) is 0.304. The van der Waals surface area contributed by atoms with Crippen molar-refractivity contribution >= 4 is 5.91 Å². The summed E-state index contributed by atoms with van der Waals surface area (Å²) in [6.45, 7) is -0.0274. The highest BCUT2D eigenvalue weighted by Gasteiger charge is 2.38. The smallest absolute Gasteiger partial charge is 0.260 e. The van der Waals surface area contributed by atoms with Gasteiger partial charge in [0, 0.05) is 6.54 Å². The molecule has 3 aromatic rings. The van der Waals surface area contributed by atoms with Crippen LogP contribution in [0.25, 0.3) is 0 Å². The summed E-state index contributed by atoms with van der Waals surface area (Å²) in [6.07, 6.45) is 0.264. The van der Waals surface area contributed by atoms with Crippen molar-refractivity contribution in [1.82, 2.24) is 4.90 Å². The van der Waals surface area contributed by atoms with Crippen LogP contribution in [0.1, 0.15) is 33.1 Å². The molecule has 172 valence electrons. The summed E-state index contributed by atoms with van der Waals surface area (Å²) < 4.78 is 80.7. The van der Waals surface area contributed by atoms with E-state index in [1.54, 1.807) is 42.5 Å². The number of halogens is 5. The van der Waals surface area contributed by atoms with Crippen LogP contribution in [0.3, 0.4) is 0 Å². The molecule has 1 aliphatic heterocycles. The van der Waals surface area contributed by atoms with Crippen molar-refractivity contribution in [1.29, 1.82) is 0 Å². The molecule has 0 saturated heterocycles. The van der Waals surface area contributed by atoms with Gasteiger partial charge < -0.3 is 14.4 Å². The SMILES string of the molecule is COc1cc2c(cc1OC)[C@@H](c1ccccc1)N(C(=O)c1c(F)c(F)c(F)c(F)c1F)CC2. The van der Waals surface area contributed by atoms with Gasteiger partial charge in [-0.25, -0.2) is 22.0 Å². The van der Waals surface area contributed by atoms with E-state index in [1.165, 1.54) is 14.2 Å². The molecule has 0 N–H and O–H groups in total. The maximum absolute atomic E-state index is 14.4. The summed E-state index contributed by atoms with van der Waals surface area (Å²) in [4.78, 5) is 14.4. The van der Waals surface area contributed by atoms with E-state index in [-0.39, 0.29) is 13.0 Å². The zero-order chi connectivity index (χ0) is 23.9. The van der Waals surface area contributed by atoms with Crippen molar-refractivity contribution in [3.8, 4) is 11.5 Å². The number of fused-ring (bicyclic) bond motifs is 1. The first-order valence-electron chi connectivity index (χ1n) is 9.92. The molecule has 3 aromatic carbocycles. The second-order valence-corrected chi connectivity index (χ2v) is 7.41. The largest absolute Gasteiger partial charge is 0.493 e. The minimum absolute atomic E-state index is 0.0274. The van der Waals surface area contributed by atoms with Gasteiger partial charge in [-0.3, -0.25) is 4.79 Å². The van der Waals surface area contributed by atoms with Crippen LogP contribution < -0.4 is 9.47 Å². The Kier molecular flexibility index (Phi) is 5.97. The van der Waals surface area contributed by atoms with Crippen LogP contribution in [0.15, 0.2) is 42.5 Å². The van der Waals surface area contributed by atoms with E-state index in [1.807, 2.05) is 0 Å². The average Bonchev–Trinajstić information content (AvgIpc) is 2.85. The first-order valence-corrected chi connectivity index (χ1v) is 9.92. The summed E-state index contributed by atoms with van der Waals surface area (Å²) in [6, 6.07) is 11.1. The third-order valence-corrected chi connectivity index (χ3v) is 5.67. The summed E-state index contributed by atoms with van der Waals surface area (Å²) in [5, 5.41) is 0. The highest BCUT2D eigenvalue weighted by atomic mass is 19.2. The van der Waals surface area contributed by atoms with E-state index in [0.29, 0.717) is 22.6 Å². The Morgan fingerprint density at radius 2 is 1.39 bits per heavy atom. The van der Waals surface area contributed by atoms with Gasteiger partial charge >= 0.3 is 0 Å². The molecule has 0 radical (unpaired) electrons. The first kappa shape index (κ1) is 22.6. The number of hydrogen-bond donors (Lipinski definition) is 0. The van der Waals surface area contributed by atoms with E-state index in [0.717, 1.165) is 10.5 Å². The van der Waals surface area contributed by atoms with E-state index in [4.69, 9.17) is 9.47 Å². The average molecular weight is 463 g/mol. The van der Waals surface area contributed by atoms with Gasteiger partial charge in [0.25, 0.3) is 5.91 Å². The van der Waals surface area contributed by atoms with E-state index in [9.17, 15) is 26.7 Å². The van der Waals surface area contributed by atoms with Crippen molar-refractivity contribution in [2.75, 3.05) is 20.8 Å². The Hall–Kier alpha value is -3.62. The Labute approximate surface area is 186 Å². The van der Waals surface area contributed by atoms with Gasteiger partial charge in [0.2, 0.25) is 5.82 Å². The molecule has 0 aliphatic carbocycles. The molecular formula is C24H18F5NO3. The van der Waals surface area contributed by atoms with Crippen LogP contribution in [0.4, 0.5) is 22.0 Å². The minimum atomic E-state index is -2.32. The number of benzene rings is 3. The van der Waals surface area contributed by atoms with Gasteiger partial charge in [-0.2, -0.15) is 0 Å². The van der Waals surface area contributed by atoms with Crippen molar-refractivity contribution in [2.24, 2.45) is 0 Å². The molecule has 0 bridgehead atoms. The number of nitrogens with zero attached hydrogens (tertiary/aromatic N) is 1. The van der Waals surface area contributed by atoms with Gasteiger partial charge in [0.15, 0.2) is 34.8 Å². The van der Waals surface area contributed by atoms with Crippen molar-refractivity contribution in [3.05, 3.63) is 93.8 Å². The fourth-order valence-corrected chi connectivity index (χ4v) is 4.10. The summed E-state index contributed by atoms with van der Waals surface area (Å²) in [5.41, 5.74) is 0.476. The predicted molar refractivity (Wildman–Crippen MR) is 109 cm³/mol. The Balaban J connectivity index is 1.91. The molecule has 4 nitrogen and oxygen atoms in total. The molecule has 0 fully saturated rings. The maximum Gasteiger partial charge on any atom is 0.260 e. The Morgan fingerprint density at radius 3 is 1.97 bits per heavy atom. The third kappa shape index (κ3) is 3.67. The maximum atomic E-state index is 14.4. The summed E-state index contributed by atoms with van der Waals surface area (Å²) in [7, 11) is 2.91. The van der Waals surface area contributed by atoms with E-state index >= 15 is 0 Å². The lowest BCUT2D eigenvalue weighted by molar-refractivity contribution is 0.0680. The Bertz CT molecular complexity index is 1200. The second-order valence-electron chi connectivity index (χ2n) is 7.41. The van der Waals surface area contributed by atoms with Gasteiger partial charge in [0.05, 0.1) is 20.3 Å². The molecule has 1 atom stereocenters. The molecule has 4 rings (SSSR count). The first-order chi connectivity index (χ1) is 15.8. The molecule has 0 spiro atoms. The van der Waals surface area contributed by atoms with Crippen molar-refractivity contribution < 1.29 is 36.2 Å². The molecule has 1 aliphatic rings. The van der Waals surface area contributed by atoms with E-state index < -0.39 is 46.6 Å². The number of ether oxygens (including phenoxy) is 2. The molecule has 0 saturated carbocycles. The monoisotopic (exact) mass is 463 g/mol. The second kappa shape index (κ2) is 8.73. The number of hydrogen-bond acceptors (Lipinski definition) is 3. The number of carbonyl (C=O) groups is 1. The number of methoxy groups -OCH3 is 2. The standard InChI is InChI=1S/C24H18F5NO3/c1-32-15-10-13-8-9-30(24(31)17-18(25)20(27)22(29)21(28)19(17)26)23(12-6-4-3-5-7-12)14(13)11-16(15)33-2/h3-7,10-11,23H,8-9H2,1-2H3/t23-/m1/s1. The normalized spacial score (nSPS) is 15.2. The van der Waals surface area contributed by atoms with Crippen LogP contribution in [0.2, 0.25) is 0 Å². The van der Waals surface area contributed by atoms with Crippen LogP contribution in [-0.4, -0.2) is 31.6 Å². The van der Waals surface area contributed by atoms with Gasteiger partial charge in [0.1, 0.15) is 5.56 Å². The molecule has 0 unspecified atom stereocenters. The molecular weight excluding hydrogens is 445 g/mol.